The number of nitrogens with zero attached hydrogens (tertiary/aromatic N) is 2. The number of carbonyl (C=O) groups is 2. The first-order valence-electron chi connectivity index (χ1n) is 9.19. The topological polar surface area (TPSA) is 72.9 Å². The second-order valence-electron chi connectivity index (χ2n) is 8.45. The third kappa shape index (κ3) is 4.85. The lowest BCUT2D eigenvalue weighted by Crippen LogP contribution is -2.57. The molecule has 2 heterocycles. The molecule has 2 fully saturated rings. The van der Waals surface area contributed by atoms with Crippen LogP contribution in [-0.2, 0) is 4.79 Å². The van der Waals surface area contributed by atoms with Gasteiger partial charge >= 0.3 is 12.0 Å². The standard InChI is InChI=1S/C18H33N3O3/c1-13-8-14(2)10-21(9-13)18(3,4)12-19-17(24)20-7-5-6-15(11-20)16(22)23/h13-15H,5-12H2,1-4H3,(H,19,24)(H,22,23). The molecule has 24 heavy (non-hydrogen) atoms. The van der Waals surface area contributed by atoms with Crippen LogP contribution >= 0.6 is 0 Å². The van der Waals surface area contributed by atoms with Gasteiger partial charge in [-0.15, -0.1) is 0 Å². The maximum atomic E-state index is 12.4. The molecular weight excluding hydrogens is 306 g/mol. The average Bonchev–Trinajstić information content (AvgIpc) is 2.52. The summed E-state index contributed by atoms with van der Waals surface area (Å²) in [4.78, 5) is 27.7. The van der Waals surface area contributed by atoms with Gasteiger partial charge < -0.3 is 15.3 Å². The molecule has 0 aliphatic carbocycles. The first-order valence-corrected chi connectivity index (χ1v) is 9.19. The molecule has 0 aromatic rings. The summed E-state index contributed by atoms with van der Waals surface area (Å²) in [7, 11) is 0. The summed E-state index contributed by atoms with van der Waals surface area (Å²) < 4.78 is 0. The molecule has 2 amide bonds. The van der Waals surface area contributed by atoms with Crippen LogP contribution in [0.25, 0.3) is 0 Å². The van der Waals surface area contributed by atoms with E-state index < -0.39 is 11.9 Å². The molecule has 3 atom stereocenters. The van der Waals surface area contributed by atoms with Crippen LogP contribution in [0.2, 0.25) is 0 Å². The number of urea groups is 1. The van der Waals surface area contributed by atoms with Crippen molar-refractivity contribution in [2.45, 2.75) is 52.5 Å². The Kier molecular flexibility index (Phi) is 6.12. The van der Waals surface area contributed by atoms with Gasteiger partial charge in [-0.3, -0.25) is 9.69 Å². The largest absolute Gasteiger partial charge is 0.481 e. The van der Waals surface area contributed by atoms with Crippen LogP contribution in [0.15, 0.2) is 0 Å². The van der Waals surface area contributed by atoms with Gasteiger partial charge in [-0.2, -0.15) is 0 Å². The number of carboxylic acids is 1. The van der Waals surface area contributed by atoms with Gasteiger partial charge in [-0.05, 0) is 44.9 Å². The van der Waals surface area contributed by atoms with E-state index in [1.54, 1.807) is 4.90 Å². The molecule has 2 saturated heterocycles. The zero-order valence-corrected chi connectivity index (χ0v) is 15.5. The number of piperidine rings is 2. The zero-order valence-electron chi connectivity index (χ0n) is 15.5. The lowest BCUT2D eigenvalue weighted by molar-refractivity contribution is -0.143. The molecule has 2 rings (SSSR count). The maximum Gasteiger partial charge on any atom is 0.317 e. The Hall–Kier alpha value is -1.30. The van der Waals surface area contributed by atoms with Gasteiger partial charge in [-0.1, -0.05) is 13.8 Å². The third-order valence-corrected chi connectivity index (χ3v) is 5.45. The molecule has 6 heteroatoms. The van der Waals surface area contributed by atoms with Gasteiger partial charge in [0, 0.05) is 38.3 Å². The van der Waals surface area contributed by atoms with E-state index in [0.717, 1.165) is 19.5 Å². The van der Waals surface area contributed by atoms with Gasteiger partial charge in [0.05, 0.1) is 5.92 Å². The lowest BCUT2D eigenvalue weighted by atomic mass is 9.88. The molecule has 0 saturated carbocycles. The summed E-state index contributed by atoms with van der Waals surface area (Å²) in [5.41, 5.74) is -0.0966. The smallest absolute Gasteiger partial charge is 0.317 e. The van der Waals surface area contributed by atoms with Crippen molar-refractivity contribution in [1.82, 2.24) is 15.1 Å². The zero-order chi connectivity index (χ0) is 17.9. The number of aliphatic carboxylic acids is 1. The third-order valence-electron chi connectivity index (χ3n) is 5.45. The van der Waals surface area contributed by atoms with Crippen molar-refractivity contribution >= 4 is 12.0 Å². The van der Waals surface area contributed by atoms with E-state index in [9.17, 15) is 9.59 Å². The van der Waals surface area contributed by atoms with E-state index in [2.05, 4.69) is 37.9 Å². The molecule has 2 aliphatic heterocycles. The van der Waals surface area contributed by atoms with Gasteiger partial charge in [-0.25, -0.2) is 4.79 Å². The molecule has 0 aromatic heterocycles. The fourth-order valence-corrected chi connectivity index (χ4v) is 4.04. The lowest BCUT2D eigenvalue weighted by Gasteiger charge is -2.45. The highest BCUT2D eigenvalue weighted by molar-refractivity contribution is 5.76. The van der Waals surface area contributed by atoms with Crippen molar-refractivity contribution in [3.05, 3.63) is 0 Å². The number of rotatable bonds is 4. The fourth-order valence-electron chi connectivity index (χ4n) is 4.04. The van der Waals surface area contributed by atoms with E-state index in [1.807, 2.05) is 0 Å². The summed E-state index contributed by atoms with van der Waals surface area (Å²) >= 11 is 0. The SMILES string of the molecule is CC1CC(C)CN(C(C)(C)CNC(=O)N2CCCC(C(=O)O)C2)C1. The summed E-state index contributed by atoms with van der Waals surface area (Å²) in [6, 6.07) is -0.132. The van der Waals surface area contributed by atoms with Gasteiger partial charge in [0.1, 0.15) is 0 Å². The van der Waals surface area contributed by atoms with Gasteiger partial charge in [0.2, 0.25) is 0 Å². The van der Waals surface area contributed by atoms with Crippen molar-refractivity contribution in [1.29, 1.82) is 0 Å². The molecule has 6 nitrogen and oxygen atoms in total. The van der Waals surface area contributed by atoms with Crippen LogP contribution in [0.5, 0.6) is 0 Å². The van der Waals surface area contributed by atoms with E-state index in [0.29, 0.717) is 37.9 Å². The van der Waals surface area contributed by atoms with E-state index in [4.69, 9.17) is 5.11 Å². The Bertz CT molecular complexity index is 456. The normalized spacial score (nSPS) is 29.3. The summed E-state index contributed by atoms with van der Waals surface area (Å²) in [6.07, 6.45) is 2.69. The van der Waals surface area contributed by atoms with Crippen LogP contribution in [-0.4, -0.2) is 65.2 Å². The summed E-state index contributed by atoms with van der Waals surface area (Å²) in [5.74, 6) is 0.134. The first-order chi connectivity index (χ1) is 11.2. The second-order valence-corrected chi connectivity index (χ2v) is 8.45. The molecule has 138 valence electrons. The average molecular weight is 339 g/mol. The highest BCUT2D eigenvalue weighted by Crippen LogP contribution is 2.27. The Morgan fingerprint density at radius 3 is 2.38 bits per heavy atom. The Labute approximate surface area is 145 Å². The Morgan fingerprint density at radius 1 is 1.17 bits per heavy atom. The van der Waals surface area contributed by atoms with Gasteiger partial charge in [0.25, 0.3) is 0 Å². The molecule has 3 unspecified atom stereocenters. The van der Waals surface area contributed by atoms with Crippen LogP contribution in [0.3, 0.4) is 0 Å². The van der Waals surface area contributed by atoms with E-state index in [-0.39, 0.29) is 11.6 Å². The number of carbonyl (C=O) groups excluding carboxylic acids is 1. The second kappa shape index (κ2) is 7.72. The summed E-state index contributed by atoms with van der Waals surface area (Å²) in [5, 5.41) is 12.2. The van der Waals surface area contributed by atoms with Crippen molar-refractivity contribution in [3.8, 4) is 0 Å². The van der Waals surface area contributed by atoms with Crippen molar-refractivity contribution in [3.63, 3.8) is 0 Å². The minimum absolute atomic E-state index is 0.0966. The minimum Gasteiger partial charge on any atom is -0.481 e. The number of carboxylic acid groups (broad SMARTS) is 1. The quantitative estimate of drug-likeness (QED) is 0.824. The molecule has 0 radical (unpaired) electrons. The molecule has 0 spiro atoms. The number of amides is 2. The highest BCUT2D eigenvalue weighted by Gasteiger charge is 2.34. The number of hydrogen-bond acceptors (Lipinski definition) is 3. The van der Waals surface area contributed by atoms with Crippen molar-refractivity contribution < 1.29 is 14.7 Å². The molecule has 0 bridgehead atoms. The molecular formula is C18H33N3O3. The molecule has 0 aromatic carbocycles. The van der Waals surface area contributed by atoms with Crippen LogP contribution < -0.4 is 5.32 Å². The number of likely N-dealkylation sites (tertiary alicyclic amines) is 2. The van der Waals surface area contributed by atoms with Crippen LogP contribution in [0, 0.1) is 17.8 Å². The molecule has 2 aliphatic rings. The minimum atomic E-state index is -0.802. The highest BCUT2D eigenvalue weighted by atomic mass is 16.4. The first kappa shape index (κ1) is 19.0. The fraction of sp³-hybridized carbons (Fsp3) is 0.889. The Balaban J connectivity index is 1.86. The summed E-state index contributed by atoms with van der Waals surface area (Å²) in [6.45, 7) is 12.6. The van der Waals surface area contributed by atoms with Gasteiger partial charge in [0.15, 0.2) is 0 Å². The monoisotopic (exact) mass is 339 g/mol. The predicted octanol–water partition coefficient (Wildman–Crippen LogP) is 2.25. The molecule has 2 N–H and O–H groups in total. The van der Waals surface area contributed by atoms with E-state index in [1.165, 1.54) is 6.42 Å². The predicted molar refractivity (Wildman–Crippen MR) is 93.9 cm³/mol. The number of nitrogens with one attached hydrogen (secondary N) is 1. The number of hydrogen-bond donors (Lipinski definition) is 2. The maximum absolute atomic E-state index is 12.4. The van der Waals surface area contributed by atoms with Crippen LogP contribution in [0.1, 0.15) is 47.0 Å². The van der Waals surface area contributed by atoms with E-state index >= 15 is 0 Å². The Morgan fingerprint density at radius 2 is 1.79 bits per heavy atom. The van der Waals surface area contributed by atoms with Crippen molar-refractivity contribution in [2.24, 2.45) is 17.8 Å². The van der Waals surface area contributed by atoms with Crippen LogP contribution in [0.4, 0.5) is 4.79 Å². The van der Waals surface area contributed by atoms with Crippen molar-refractivity contribution in [2.75, 3.05) is 32.7 Å².